The average Bonchev–Trinajstić information content (AvgIpc) is 3.48. The van der Waals surface area contributed by atoms with Gasteiger partial charge in [-0.05, 0) is 48.6 Å². The molecule has 2 atom stereocenters. The van der Waals surface area contributed by atoms with Crippen LogP contribution in [0.1, 0.15) is 50.6 Å². The minimum Gasteiger partial charge on any atom is -0.376 e. The van der Waals surface area contributed by atoms with Crippen molar-refractivity contribution < 1.29 is 14.3 Å². The van der Waals surface area contributed by atoms with Gasteiger partial charge in [0.25, 0.3) is 5.91 Å². The van der Waals surface area contributed by atoms with E-state index in [1.807, 2.05) is 53.1 Å². The Hall–Kier alpha value is -3.19. The number of hydrogen-bond acceptors (Lipinski definition) is 4. The third-order valence-electron chi connectivity index (χ3n) is 6.33. The molecule has 1 N–H and O–H groups in total. The molecule has 3 heterocycles. The number of anilines is 2. The average molecular weight is 433 g/mol. The number of benzene rings is 2. The molecule has 7 nitrogen and oxygen atoms in total. The first-order valence-corrected chi connectivity index (χ1v) is 11.3. The summed E-state index contributed by atoms with van der Waals surface area (Å²) in [6.45, 7) is 5.46. The number of nitrogens with zero attached hydrogens (tertiary/aromatic N) is 3. The van der Waals surface area contributed by atoms with Gasteiger partial charge < -0.3 is 10.1 Å². The van der Waals surface area contributed by atoms with Crippen molar-refractivity contribution in [3.05, 3.63) is 54.1 Å². The molecular formula is C25H28N4O3. The Labute approximate surface area is 187 Å². The van der Waals surface area contributed by atoms with Gasteiger partial charge in [-0.15, -0.1) is 0 Å². The van der Waals surface area contributed by atoms with E-state index in [2.05, 4.69) is 19.2 Å². The van der Waals surface area contributed by atoms with Crippen LogP contribution in [0.15, 0.2) is 48.5 Å². The van der Waals surface area contributed by atoms with E-state index in [0.29, 0.717) is 18.4 Å². The Bertz CT molecular complexity index is 1150. The molecule has 1 aromatic heterocycles. The molecule has 2 amide bonds. The summed E-state index contributed by atoms with van der Waals surface area (Å²) in [7, 11) is 0. The molecule has 0 unspecified atom stereocenters. The Balaban J connectivity index is 1.39. The number of amides is 2. The van der Waals surface area contributed by atoms with Crippen LogP contribution in [-0.4, -0.2) is 40.6 Å². The van der Waals surface area contributed by atoms with Crippen molar-refractivity contribution >= 4 is 34.5 Å². The van der Waals surface area contributed by atoms with Crippen molar-refractivity contribution in [2.75, 3.05) is 23.4 Å². The molecular weight excluding hydrogens is 404 g/mol. The molecule has 0 radical (unpaired) electrons. The summed E-state index contributed by atoms with van der Waals surface area (Å²) in [6.07, 6.45) is 2.01. The Kier molecular flexibility index (Phi) is 5.43. The van der Waals surface area contributed by atoms with Crippen LogP contribution in [0.5, 0.6) is 0 Å². The minimum absolute atomic E-state index is 0.0132. The standard InChI is InChI=1S/C25H28N4O3/c1-16(2)17-9-11-18(12-10-17)26-23(30)14-22-24(31)28(15-19-6-5-13-32-19)25-27-20-7-3-4-8-21(20)29(22)25/h3-4,7-12,16,19,22H,5-6,13-15H2,1-2H3,(H,26,30)/t19-,22-/m1/s1. The van der Waals surface area contributed by atoms with Crippen LogP contribution < -0.4 is 10.2 Å². The van der Waals surface area contributed by atoms with E-state index in [9.17, 15) is 9.59 Å². The van der Waals surface area contributed by atoms with Crippen LogP contribution in [0.25, 0.3) is 11.0 Å². The lowest BCUT2D eigenvalue weighted by molar-refractivity contribution is -0.124. The highest BCUT2D eigenvalue weighted by molar-refractivity contribution is 6.05. The van der Waals surface area contributed by atoms with Crippen molar-refractivity contribution in [1.82, 2.24) is 9.55 Å². The van der Waals surface area contributed by atoms with Crippen LogP contribution in [0.3, 0.4) is 0 Å². The molecule has 32 heavy (non-hydrogen) atoms. The molecule has 0 spiro atoms. The molecule has 2 aromatic carbocycles. The van der Waals surface area contributed by atoms with Gasteiger partial charge in [0.15, 0.2) is 0 Å². The van der Waals surface area contributed by atoms with E-state index in [-0.39, 0.29) is 24.3 Å². The van der Waals surface area contributed by atoms with Crippen molar-refractivity contribution in [3.63, 3.8) is 0 Å². The van der Waals surface area contributed by atoms with Gasteiger partial charge in [0.1, 0.15) is 6.04 Å². The van der Waals surface area contributed by atoms with Crippen molar-refractivity contribution in [2.24, 2.45) is 0 Å². The fourth-order valence-electron chi connectivity index (χ4n) is 4.60. The highest BCUT2D eigenvalue weighted by atomic mass is 16.5. The number of hydrogen-bond donors (Lipinski definition) is 1. The lowest BCUT2D eigenvalue weighted by Gasteiger charge is -2.19. The largest absolute Gasteiger partial charge is 0.376 e. The maximum absolute atomic E-state index is 13.4. The molecule has 1 fully saturated rings. The van der Waals surface area contributed by atoms with E-state index in [4.69, 9.17) is 9.72 Å². The van der Waals surface area contributed by atoms with Crippen molar-refractivity contribution in [3.8, 4) is 0 Å². The fourth-order valence-corrected chi connectivity index (χ4v) is 4.60. The smallest absolute Gasteiger partial charge is 0.253 e. The Morgan fingerprint density at radius 2 is 1.97 bits per heavy atom. The van der Waals surface area contributed by atoms with Gasteiger partial charge in [-0.1, -0.05) is 38.1 Å². The zero-order valence-corrected chi connectivity index (χ0v) is 18.5. The molecule has 5 rings (SSSR count). The number of fused-ring (bicyclic) bond motifs is 3. The summed E-state index contributed by atoms with van der Waals surface area (Å²) in [5.41, 5.74) is 3.64. The van der Waals surface area contributed by atoms with E-state index < -0.39 is 6.04 Å². The van der Waals surface area contributed by atoms with Gasteiger partial charge in [-0.2, -0.15) is 0 Å². The summed E-state index contributed by atoms with van der Waals surface area (Å²) < 4.78 is 7.67. The summed E-state index contributed by atoms with van der Waals surface area (Å²) in [6, 6.07) is 15.0. The highest BCUT2D eigenvalue weighted by Gasteiger charge is 2.42. The number of para-hydroxylation sites is 2. The number of carbonyl (C=O) groups is 2. The first-order valence-electron chi connectivity index (χ1n) is 11.3. The SMILES string of the molecule is CC(C)c1ccc(NC(=O)C[C@@H]2C(=O)N(C[C@H]3CCCO3)c3nc4ccccc4n32)cc1. The molecule has 2 aliphatic heterocycles. The molecule has 0 bridgehead atoms. The van der Waals surface area contributed by atoms with E-state index in [1.54, 1.807) is 4.90 Å². The summed E-state index contributed by atoms with van der Waals surface area (Å²) in [4.78, 5) is 32.7. The second-order valence-electron chi connectivity index (χ2n) is 8.90. The highest BCUT2D eigenvalue weighted by Crippen LogP contribution is 2.37. The van der Waals surface area contributed by atoms with E-state index >= 15 is 0 Å². The molecule has 2 aliphatic rings. The van der Waals surface area contributed by atoms with Crippen molar-refractivity contribution in [2.45, 2.75) is 51.2 Å². The van der Waals surface area contributed by atoms with Crippen LogP contribution in [0, 0.1) is 0 Å². The first kappa shape index (κ1) is 20.7. The molecule has 3 aromatic rings. The predicted octanol–water partition coefficient (Wildman–Crippen LogP) is 4.26. The summed E-state index contributed by atoms with van der Waals surface area (Å²) in [5.74, 6) is 0.742. The Morgan fingerprint density at radius 3 is 2.69 bits per heavy atom. The van der Waals surface area contributed by atoms with Gasteiger partial charge >= 0.3 is 0 Å². The zero-order valence-electron chi connectivity index (χ0n) is 18.5. The van der Waals surface area contributed by atoms with Crippen LogP contribution in [-0.2, 0) is 14.3 Å². The third-order valence-corrected chi connectivity index (χ3v) is 6.33. The first-order chi connectivity index (χ1) is 15.5. The number of nitrogens with one attached hydrogen (secondary N) is 1. The van der Waals surface area contributed by atoms with Gasteiger partial charge in [-0.25, -0.2) is 4.98 Å². The van der Waals surface area contributed by atoms with Gasteiger partial charge in [0.05, 0.1) is 30.1 Å². The third kappa shape index (κ3) is 3.77. The fraction of sp³-hybridized carbons (Fsp3) is 0.400. The van der Waals surface area contributed by atoms with Crippen molar-refractivity contribution in [1.29, 1.82) is 0 Å². The number of ether oxygens (including phenoxy) is 1. The lowest BCUT2D eigenvalue weighted by Crippen LogP contribution is -2.37. The van der Waals surface area contributed by atoms with Gasteiger partial charge in [0.2, 0.25) is 11.9 Å². The van der Waals surface area contributed by atoms with Crippen LogP contribution >= 0.6 is 0 Å². The van der Waals surface area contributed by atoms with E-state index in [1.165, 1.54) is 5.56 Å². The maximum atomic E-state index is 13.4. The number of aromatic nitrogens is 2. The minimum atomic E-state index is -0.617. The van der Waals surface area contributed by atoms with Crippen LogP contribution in [0.2, 0.25) is 0 Å². The molecule has 166 valence electrons. The number of carbonyl (C=O) groups excluding carboxylic acids is 2. The monoisotopic (exact) mass is 432 g/mol. The molecule has 0 aliphatic carbocycles. The maximum Gasteiger partial charge on any atom is 0.253 e. The quantitative estimate of drug-likeness (QED) is 0.632. The summed E-state index contributed by atoms with van der Waals surface area (Å²) >= 11 is 0. The second-order valence-corrected chi connectivity index (χ2v) is 8.90. The Morgan fingerprint density at radius 1 is 1.19 bits per heavy atom. The van der Waals surface area contributed by atoms with Crippen LogP contribution in [0.4, 0.5) is 11.6 Å². The normalized spacial score (nSPS) is 20.3. The summed E-state index contributed by atoms with van der Waals surface area (Å²) in [5, 5.41) is 2.95. The predicted molar refractivity (Wildman–Crippen MR) is 124 cm³/mol. The second kappa shape index (κ2) is 8.39. The molecule has 1 saturated heterocycles. The topological polar surface area (TPSA) is 76.5 Å². The number of imidazole rings is 1. The van der Waals surface area contributed by atoms with Gasteiger partial charge in [-0.3, -0.25) is 19.1 Å². The van der Waals surface area contributed by atoms with E-state index in [0.717, 1.165) is 36.2 Å². The molecule has 0 saturated carbocycles. The number of rotatable bonds is 6. The lowest BCUT2D eigenvalue weighted by atomic mass is 10.0. The van der Waals surface area contributed by atoms with Gasteiger partial charge in [0, 0.05) is 12.3 Å². The zero-order chi connectivity index (χ0) is 22.2. The molecule has 7 heteroatoms.